The topological polar surface area (TPSA) is 84.5 Å². The van der Waals surface area contributed by atoms with E-state index in [0.717, 1.165) is 25.7 Å². The number of amidine groups is 1. The van der Waals surface area contributed by atoms with Crippen LogP contribution in [0.5, 0.6) is 0 Å². The highest BCUT2D eigenvalue weighted by atomic mass is 16.2. The molecule has 0 aromatic heterocycles. The Kier molecular flexibility index (Phi) is 4.00. The average Bonchev–Trinajstić information content (AvgIpc) is 2.60. The third kappa shape index (κ3) is 2.64. The van der Waals surface area contributed by atoms with Crippen molar-refractivity contribution in [2.45, 2.75) is 65.3 Å². The third-order valence-electron chi connectivity index (χ3n) is 4.49. The highest BCUT2D eigenvalue weighted by molar-refractivity contribution is 6.20. The average molecular weight is 279 g/mol. The van der Waals surface area contributed by atoms with Crippen molar-refractivity contribution in [3.05, 3.63) is 0 Å². The minimum absolute atomic E-state index is 0.200. The van der Waals surface area contributed by atoms with Crippen LogP contribution < -0.4 is 11.1 Å². The van der Waals surface area contributed by atoms with Gasteiger partial charge in [-0.15, -0.1) is 0 Å². The molecule has 2 amide bonds. The molecule has 0 saturated heterocycles. The van der Waals surface area contributed by atoms with Crippen LogP contribution in [0.3, 0.4) is 0 Å². The normalized spacial score (nSPS) is 24.9. The number of nitrogens with two attached hydrogens (primary N) is 1. The highest BCUT2D eigenvalue weighted by Gasteiger charge is 2.49. The molecule has 1 aliphatic carbocycles. The van der Waals surface area contributed by atoms with E-state index in [1.807, 2.05) is 20.8 Å². The number of carbonyl (C=O) groups is 2. The summed E-state index contributed by atoms with van der Waals surface area (Å²) in [6.45, 7) is 5.90. The summed E-state index contributed by atoms with van der Waals surface area (Å²) < 4.78 is 0. The van der Waals surface area contributed by atoms with Gasteiger partial charge in [0.05, 0.1) is 6.04 Å². The second-order valence-corrected chi connectivity index (χ2v) is 7.10. The molecule has 20 heavy (non-hydrogen) atoms. The quantitative estimate of drug-likeness (QED) is 0.717. The van der Waals surface area contributed by atoms with E-state index in [9.17, 15) is 9.59 Å². The second-order valence-electron chi connectivity index (χ2n) is 7.10. The van der Waals surface area contributed by atoms with Gasteiger partial charge >= 0.3 is 0 Å². The van der Waals surface area contributed by atoms with Crippen molar-refractivity contribution in [3.8, 4) is 0 Å². The summed E-state index contributed by atoms with van der Waals surface area (Å²) in [6, 6.07) is -0.446. The summed E-state index contributed by atoms with van der Waals surface area (Å²) >= 11 is 0. The largest absolute Gasteiger partial charge is 0.321 e. The van der Waals surface area contributed by atoms with Crippen molar-refractivity contribution < 1.29 is 9.59 Å². The van der Waals surface area contributed by atoms with Gasteiger partial charge in [-0.2, -0.15) is 4.99 Å². The second kappa shape index (κ2) is 5.28. The van der Waals surface area contributed by atoms with Gasteiger partial charge in [-0.1, -0.05) is 46.5 Å². The Balaban J connectivity index is 2.29. The van der Waals surface area contributed by atoms with E-state index in [4.69, 9.17) is 5.73 Å². The van der Waals surface area contributed by atoms with Crippen molar-refractivity contribution in [2.24, 2.45) is 21.6 Å². The number of carbonyl (C=O) groups excluding carboxylic acids is 2. The lowest BCUT2D eigenvalue weighted by atomic mass is 9.76. The van der Waals surface area contributed by atoms with Gasteiger partial charge in [0.2, 0.25) is 5.91 Å². The van der Waals surface area contributed by atoms with Crippen molar-refractivity contribution >= 4 is 17.6 Å². The summed E-state index contributed by atoms with van der Waals surface area (Å²) in [5, 5.41) is 2.81. The molecule has 2 rings (SSSR count). The lowest BCUT2D eigenvalue weighted by Gasteiger charge is -2.36. The van der Waals surface area contributed by atoms with Gasteiger partial charge in [0.1, 0.15) is 11.3 Å². The fourth-order valence-corrected chi connectivity index (χ4v) is 2.91. The predicted octanol–water partition coefficient (Wildman–Crippen LogP) is 1.76. The van der Waals surface area contributed by atoms with E-state index < -0.39 is 11.5 Å². The van der Waals surface area contributed by atoms with Gasteiger partial charge < -0.3 is 11.1 Å². The predicted molar refractivity (Wildman–Crippen MR) is 78.2 cm³/mol. The number of hydrogen-bond donors (Lipinski definition) is 2. The summed E-state index contributed by atoms with van der Waals surface area (Å²) in [7, 11) is 0. The standard InChI is InChI=1S/C15H25N3O2/c1-14(2,3)10(16)11-17-12(19)15(13(20)18-11)8-6-4-5-7-9-15/h10H,4-9,16H2,1-3H3,(H,17,18,19,20). The molecule has 1 heterocycles. The number of rotatable bonds is 1. The van der Waals surface area contributed by atoms with Crippen molar-refractivity contribution in [1.82, 2.24) is 5.32 Å². The molecule has 1 saturated carbocycles. The molecule has 0 bridgehead atoms. The Labute approximate surface area is 120 Å². The van der Waals surface area contributed by atoms with Gasteiger partial charge in [0, 0.05) is 0 Å². The molecule has 5 heteroatoms. The molecular formula is C15H25N3O2. The first-order chi connectivity index (χ1) is 9.27. The zero-order valence-corrected chi connectivity index (χ0v) is 12.7. The van der Waals surface area contributed by atoms with Gasteiger partial charge in [-0.05, 0) is 18.3 Å². The minimum atomic E-state index is -0.933. The van der Waals surface area contributed by atoms with Crippen LogP contribution in [-0.4, -0.2) is 23.7 Å². The van der Waals surface area contributed by atoms with E-state index in [1.165, 1.54) is 0 Å². The van der Waals surface area contributed by atoms with Crippen LogP contribution in [0.2, 0.25) is 0 Å². The monoisotopic (exact) mass is 279 g/mol. The van der Waals surface area contributed by atoms with Crippen LogP contribution in [0.1, 0.15) is 59.3 Å². The zero-order chi connectivity index (χ0) is 15.0. The lowest BCUT2D eigenvalue weighted by molar-refractivity contribution is -0.142. The van der Waals surface area contributed by atoms with E-state index in [2.05, 4.69) is 10.3 Å². The molecule has 1 unspecified atom stereocenters. The van der Waals surface area contributed by atoms with Crippen LogP contribution in [0.4, 0.5) is 0 Å². The smallest absolute Gasteiger partial charge is 0.263 e. The number of hydrogen-bond acceptors (Lipinski definition) is 3. The maximum Gasteiger partial charge on any atom is 0.263 e. The molecule has 1 spiro atoms. The van der Waals surface area contributed by atoms with Gasteiger partial charge in [-0.25, -0.2) is 0 Å². The fraction of sp³-hybridized carbons (Fsp3) is 0.800. The van der Waals surface area contributed by atoms with Crippen LogP contribution in [-0.2, 0) is 9.59 Å². The van der Waals surface area contributed by atoms with Crippen molar-refractivity contribution in [3.63, 3.8) is 0 Å². The maximum absolute atomic E-state index is 12.5. The van der Waals surface area contributed by atoms with Crippen molar-refractivity contribution in [1.29, 1.82) is 0 Å². The molecule has 2 aliphatic rings. The molecule has 3 N–H and O–H groups in total. The first-order valence-electron chi connectivity index (χ1n) is 7.47. The highest BCUT2D eigenvalue weighted by Crippen LogP contribution is 2.38. The number of amides is 2. The third-order valence-corrected chi connectivity index (χ3v) is 4.49. The number of aliphatic imine (C=N–C) groups is 1. The first-order valence-corrected chi connectivity index (χ1v) is 7.47. The summed E-state index contributed by atoms with van der Waals surface area (Å²) in [5.74, 6) is -0.172. The van der Waals surface area contributed by atoms with Gasteiger partial charge in [0.15, 0.2) is 0 Å². The molecule has 0 radical (unpaired) electrons. The van der Waals surface area contributed by atoms with E-state index in [1.54, 1.807) is 0 Å². The molecule has 112 valence electrons. The SMILES string of the molecule is CC(C)(C)C(N)C1=NC(=O)C2(CCCCCC2)C(=O)N1. The Morgan fingerprint density at radius 2 is 1.70 bits per heavy atom. The van der Waals surface area contributed by atoms with Crippen LogP contribution >= 0.6 is 0 Å². The van der Waals surface area contributed by atoms with Gasteiger partial charge in [-0.3, -0.25) is 9.59 Å². The van der Waals surface area contributed by atoms with Gasteiger partial charge in [0.25, 0.3) is 5.91 Å². The summed E-state index contributed by atoms with van der Waals surface area (Å²) in [6.07, 6.45) is 5.21. The molecule has 5 nitrogen and oxygen atoms in total. The first kappa shape index (κ1) is 15.2. The summed E-state index contributed by atoms with van der Waals surface area (Å²) in [4.78, 5) is 29.1. The van der Waals surface area contributed by atoms with E-state index >= 15 is 0 Å². The molecule has 0 aromatic carbocycles. The number of nitrogens with zero attached hydrogens (tertiary/aromatic N) is 1. The molecule has 1 atom stereocenters. The minimum Gasteiger partial charge on any atom is -0.321 e. The Hall–Kier alpha value is -1.23. The van der Waals surface area contributed by atoms with Crippen LogP contribution in [0, 0.1) is 10.8 Å². The Morgan fingerprint density at radius 3 is 2.15 bits per heavy atom. The van der Waals surface area contributed by atoms with E-state index in [0.29, 0.717) is 18.7 Å². The number of nitrogens with one attached hydrogen (secondary N) is 1. The zero-order valence-electron chi connectivity index (χ0n) is 12.7. The molecule has 1 fully saturated rings. The van der Waals surface area contributed by atoms with Crippen LogP contribution in [0.25, 0.3) is 0 Å². The van der Waals surface area contributed by atoms with Crippen molar-refractivity contribution in [2.75, 3.05) is 0 Å². The van der Waals surface area contributed by atoms with E-state index in [-0.39, 0.29) is 17.2 Å². The fourth-order valence-electron chi connectivity index (χ4n) is 2.91. The Bertz CT molecular complexity index is 441. The maximum atomic E-state index is 12.5. The molecule has 1 aliphatic heterocycles. The summed E-state index contributed by atoms with van der Waals surface area (Å²) in [5.41, 5.74) is 4.92. The van der Waals surface area contributed by atoms with Crippen LogP contribution in [0.15, 0.2) is 4.99 Å². The molecule has 0 aromatic rings. The Morgan fingerprint density at radius 1 is 1.15 bits per heavy atom. The lowest BCUT2D eigenvalue weighted by Crippen LogP contribution is -2.59. The molecular weight excluding hydrogens is 254 g/mol.